The molecule has 0 unspecified atom stereocenters. The van der Waals surface area contributed by atoms with E-state index in [0.717, 1.165) is 30.8 Å². The van der Waals surface area contributed by atoms with Crippen molar-refractivity contribution >= 4 is 5.78 Å². The number of benzene rings is 1. The minimum absolute atomic E-state index is 0.192. The predicted octanol–water partition coefficient (Wildman–Crippen LogP) is 3.24. The van der Waals surface area contributed by atoms with Crippen molar-refractivity contribution in [3.05, 3.63) is 60.7 Å². The van der Waals surface area contributed by atoms with E-state index in [9.17, 15) is 4.79 Å². The number of rotatable bonds is 8. The van der Waals surface area contributed by atoms with E-state index >= 15 is 0 Å². The maximum atomic E-state index is 12.0. The molecule has 0 aliphatic heterocycles. The number of carbonyl (C=O) groups excluding carboxylic acids is 1. The summed E-state index contributed by atoms with van der Waals surface area (Å²) in [4.78, 5) is 14.2. The minimum Gasteiger partial charge on any atom is -0.296 e. The van der Waals surface area contributed by atoms with E-state index in [2.05, 4.69) is 18.1 Å². The molecule has 0 bridgehead atoms. The molecular formula is C16H21NO. The molecule has 0 aliphatic carbocycles. The molecule has 0 amide bonds. The van der Waals surface area contributed by atoms with Crippen LogP contribution < -0.4 is 0 Å². The molecule has 0 heterocycles. The molecule has 0 atom stereocenters. The number of Topliss-reactive ketones (excluding diaryl/α,β-unsaturated/α-hetero) is 1. The Morgan fingerprint density at radius 1 is 1.28 bits per heavy atom. The summed E-state index contributed by atoms with van der Waals surface area (Å²) in [5.74, 6) is 0.192. The van der Waals surface area contributed by atoms with Gasteiger partial charge in [-0.2, -0.15) is 0 Å². The third-order valence-electron chi connectivity index (χ3n) is 2.77. The summed E-state index contributed by atoms with van der Waals surface area (Å²) in [6.45, 7) is 11.7. The fourth-order valence-electron chi connectivity index (χ4n) is 1.84. The van der Waals surface area contributed by atoms with E-state index in [0.29, 0.717) is 6.42 Å². The number of hydrogen-bond donors (Lipinski definition) is 0. The molecular weight excluding hydrogens is 222 g/mol. The maximum absolute atomic E-state index is 12.0. The first-order chi connectivity index (χ1) is 8.67. The molecule has 1 aromatic rings. The summed E-state index contributed by atoms with van der Waals surface area (Å²) < 4.78 is 0. The lowest BCUT2D eigenvalue weighted by atomic mass is 10.1. The van der Waals surface area contributed by atoms with Gasteiger partial charge in [-0.25, -0.2) is 0 Å². The van der Waals surface area contributed by atoms with Crippen molar-refractivity contribution in [2.24, 2.45) is 0 Å². The van der Waals surface area contributed by atoms with Crippen LogP contribution in [0, 0.1) is 6.92 Å². The average molecular weight is 243 g/mol. The Labute approximate surface area is 110 Å². The van der Waals surface area contributed by atoms with Crippen LogP contribution in [0.2, 0.25) is 0 Å². The molecule has 1 rings (SSSR count). The van der Waals surface area contributed by atoms with Crippen LogP contribution in [0.25, 0.3) is 0 Å². The Morgan fingerprint density at radius 3 is 2.50 bits per heavy atom. The quantitative estimate of drug-likeness (QED) is 0.516. The minimum atomic E-state index is 0.192. The first-order valence-electron chi connectivity index (χ1n) is 6.21. The van der Waals surface area contributed by atoms with Crippen molar-refractivity contribution in [1.82, 2.24) is 4.90 Å². The molecule has 0 spiro atoms. The van der Waals surface area contributed by atoms with E-state index in [-0.39, 0.29) is 5.78 Å². The Morgan fingerprint density at radius 2 is 1.94 bits per heavy atom. The summed E-state index contributed by atoms with van der Waals surface area (Å²) in [6, 6.07) is 7.74. The topological polar surface area (TPSA) is 20.3 Å². The van der Waals surface area contributed by atoms with Gasteiger partial charge in [-0.05, 0) is 13.0 Å². The van der Waals surface area contributed by atoms with Crippen molar-refractivity contribution in [2.45, 2.75) is 13.3 Å². The molecule has 2 nitrogen and oxygen atoms in total. The van der Waals surface area contributed by atoms with Gasteiger partial charge in [0.25, 0.3) is 0 Å². The maximum Gasteiger partial charge on any atom is 0.164 e. The lowest BCUT2D eigenvalue weighted by Gasteiger charge is -2.17. The molecule has 0 fully saturated rings. The van der Waals surface area contributed by atoms with Crippen LogP contribution >= 0.6 is 0 Å². The Balaban J connectivity index is 2.53. The number of ketones is 1. The smallest absolute Gasteiger partial charge is 0.164 e. The van der Waals surface area contributed by atoms with E-state index in [1.165, 1.54) is 0 Å². The number of carbonyl (C=O) groups is 1. The van der Waals surface area contributed by atoms with Gasteiger partial charge in [0.05, 0.1) is 0 Å². The average Bonchev–Trinajstić information content (AvgIpc) is 2.36. The van der Waals surface area contributed by atoms with Gasteiger partial charge in [0, 0.05) is 31.6 Å². The number of nitrogens with zero attached hydrogens (tertiary/aromatic N) is 1. The van der Waals surface area contributed by atoms with Crippen molar-refractivity contribution in [1.29, 1.82) is 0 Å². The first-order valence-corrected chi connectivity index (χ1v) is 6.21. The Hall–Kier alpha value is -1.67. The van der Waals surface area contributed by atoms with Crippen LogP contribution in [0.1, 0.15) is 22.3 Å². The second-order valence-electron chi connectivity index (χ2n) is 4.38. The number of hydrogen-bond acceptors (Lipinski definition) is 2. The van der Waals surface area contributed by atoms with Crippen molar-refractivity contribution in [3.63, 3.8) is 0 Å². The van der Waals surface area contributed by atoms with Crippen molar-refractivity contribution < 1.29 is 4.79 Å². The second kappa shape index (κ2) is 7.62. The molecule has 2 heteroatoms. The van der Waals surface area contributed by atoms with Gasteiger partial charge in [0.2, 0.25) is 0 Å². The van der Waals surface area contributed by atoms with Crippen LogP contribution in [-0.2, 0) is 0 Å². The zero-order valence-electron chi connectivity index (χ0n) is 11.1. The van der Waals surface area contributed by atoms with Crippen LogP contribution in [0.15, 0.2) is 49.6 Å². The molecule has 0 saturated heterocycles. The normalized spacial score (nSPS) is 10.3. The fraction of sp³-hybridized carbons (Fsp3) is 0.312. The van der Waals surface area contributed by atoms with Crippen molar-refractivity contribution in [2.75, 3.05) is 19.6 Å². The highest BCUT2D eigenvalue weighted by molar-refractivity contribution is 5.96. The number of aryl methyl sites for hydroxylation is 1. The molecule has 0 aliphatic rings. The van der Waals surface area contributed by atoms with E-state index in [1.54, 1.807) is 0 Å². The largest absolute Gasteiger partial charge is 0.296 e. The summed E-state index contributed by atoms with van der Waals surface area (Å²) in [5.41, 5.74) is 1.92. The summed E-state index contributed by atoms with van der Waals surface area (Å²) in [5, 5.41) is 0. The van der Waals surface area contributed by atoms with Crippen molar-refractivity contribution in [3.8, 4) is 0 Å². The molecule has 1 aromatic carbocycles. The third-order valence-corrected chi connectivity index (χ3v) is 2.77. The molecule has 0 saturated carbocycles. The van der Waals surface area contributed by atoms with Gasteiger partial charge in [-0.15, -0.1) is 13.2 Å². The molecule has 96 valence electrons. The van der Waals surface area contributed by atoms with E-state index in [1.807, 2.05) is 43.3 Å². The monoisotopic (exact) mass is 243 g/mol. The Kier molecular flexibility index (Phi) is 6.09. The standard InChI is InChI=1S/C16H21NO/c1-4-10-17(11-5-2)12-9-16(18)15-8-6-7-14(3)13-15/h4-8,13H,1-2,9-12H2,3H3. The highest BCUT2D eigenvalue weighted by Gasteiger charge is 2.08. The van der Waals surface area contributed by atoms with Gasteiger partial charge in [0.1, 0.15) is 0 Å². The fourth-order valence-corrected chi connectivity index (χ4v) is 1.84. The van der Waals surface area contributed by atoms with Crippen LogP contribution in [0.3, 0.4) is 0 Å². The van der Waals surface area contributed by atoms with Crippen LogP contribution in [0.4, 0.5) is 0 Å². The molecule has 0 aromatic heterocycles. The zero-order valence-corrected chi connectivity index (χ0v) is 11.1. The highest BCUT2D eigenvalue weighted by atomic mass is 16.1. The molecule has 0 N–H and O–H groups in total. The summed E-state index contributed by atoms with van der Waals surface area (Å²) >= 11 is 0. The molecule has 18 heavy (non-hydrogen) atoms. The zero-order chi connectivity index (χ0) is 13.4. The van der Waals surface area contributed by atoms with Crippen LogP contribution in [0.5, 0.6) is 0 Å². The van der Waals surface area contributed by atoms with Gasteiger partial charge in [-0.3, -0.25) is 9.69 Å². The molecule has 0 radical (unpaired) electrons. The van der Waals surface area contributed by atoms with E-state index < -0.39 is 0 Å². The van der Waals surface area contributed by atoms with E-state index in [4.69, 9.17) is 0 Å². The lowest BCUT2D eigenvalue weighted by molar-refractivity contribution is 0.0968. The van der Waals surface area contributed by atoms with Gasteiger partial charge in [0.15, 0.2) is 5.78 Å². The summed E-state index contributed by atoms with van der Waals surface area (Å²) in [6.07, 6.45) is 4.23. The van der Waals surface area contributed by atoms with Crippen LogP contribution in [-0.4, -0.2) is 30.3 Å². The van der Waals surface area contributed by atoms with Gasteiger partial charge < -0.3 is 0 Å². The summed E-state index contributed by atoms with van der Waals surface area (Å²) in [7, 11) is 0. The third kappa shape index (κ3) is 4.68. The van der Waals surface area contributed by atoms with Gasteiger partial charge in [-0.1, -0.05) is 35.9 Å². The highest BCUT2D eigenvalue weighted by Crippen LogP contribution is 2.07. The Bertz CT molecular complexity index is 413. The lowest BCUT2D eigenvalue weighted by Crippen LogP contribution is -2.26. The van der Waals surface area contributed by atoms with Gasteiger partial charge >= 0.3 is 0 Å². The first kappa shape index (κ1) is 14.4. The SMILES string of the molecule is C=CCN(CC=C)CCC(=O)c1cccc(C)c1. The predicted molar refractivity (Wildman–Crippen MR) is 77.0 cm³/mol. The second-order valence-corrected chi connectivity index (χ2v) is 4.38.